The Bertz CT molecular complexity index is 553. The van der Waals surface area contributed by atoms with Gasteiger partial charge >= 0.3 is 0 Å². The minimum atomic E-state index is 0.575. The average Bonchev–Trinajstić information content (AvgIpc) is 2.61. The van der Waals surface area contributed by atoms with Crippen molar-refractivity contribution in [3.8, 4) is 5.75 Å². The second-order valence-corrected chi connectivity index (χ2v) is 6.52. The highest BCUT2D eigenvalue weighted by Crippen LogP contribution is 2.25. The fourth-order valence-electron chi connectivity index (χ4n) is 2.72. The van der Waals surface area contributed by atoms with Crippen LogP contribution in [0.1, 0.15) is 56.1 Å². The van der Waals surface area contributed by atoms with Crippen LogP contribution < -0.4 is 4.74 Å². The molecule has 1 atom stereocenters. The first kappa shape index (κ1) is 17.9. The van der Waals surface area contributed by atoms with Crippen LogP contribution in [0.3, 0.4) is 0 Å². The van der Waals surface area contributed by atoms with E-state index in [1.54, 1.807) is 0 Å². The summed E-state index contributed by atoms with van der Waals surface area (Å²) >= 11 is 5.72. The maximum Gasteiger partial charge on any atom is 0.120 e. The van der Waals surface area contributed by atoms with Gasteiger partial charge in [-0.3, -0.25) is 0 Å². The number of halogens is 1. The van der Waals surface area contributed by atoms with Gasteiger partial charge in [0.25, 0.3) is 0 Å². The van der Waals surface area contributed by atoms with Gasteiger partial charge in [-0.25, -0.2) is 0 Å². The van der Waals surface area contributed by atoms with E-state index in [4.69, 9.17) is 16.3 Å². The van der Waals surface area contributed by atoms with Crippen LogP contribution >= 0.6 is 11.6 Å². The Labute approximate surface area is 145 Å². The zero-order valence-electron chi connectivity index (χ0n) is 14.0. The van der Waals surface area contributed by atoms with Crippen LogP contribution in [0.25, 0.3) is 0 Å². The van der Waals surface area contributed by atoms with E-state index >= 15 is 0 Å². The zero-order valence-corrected chi connectivity index (χ0v) is 14.8. The Kier molecular flexibility index (Phi) is 8.03. The lowest BCUT2D eigenvalue weighted by Crippen LogP contribution is -1.98. The standard InChI is InChI=1S/C21H27ClO/c1-18(10-5-2-3-8-15-22)20-13-9-14-21(16-20)23-17-19-11-6-4-7-12-19/h4,6-7,9,11-14,16,18H,2-3,5,8,10,15,17H2,1H3. The second-order valence-electron chi connectivity index (χ2n) is 6.14. The fourth-order valence-corrected chi connectivity index (χ4v) is 2.91. The minimum absolute atomic E-state index is 0.575. The summed E-state index contributed by atoms with van der Waals surface area (Å²) in [5, 5.41) is 0. The lowest BCUT2D eigenvalue weighted by molar-refractivity contribution is 0.305. The maximum atomic E-state index is 5.93. The third-order valence-electron chi connectivity index (χ3n) is 4.20. The van der Waals surface area contributed by atoms with Gasteiger partial charge in [0.2, 0.25) is 0 Å². The first-order valence-electron chi connectivity index (χ1n) is 8.62. The molecule has 1 unspecified atom stereocenters. The molecule has 0 fully saturated rings. The molecule has 0 heterocycles. The first-order chi connectivity index (χ1) is 11.3. The number of ether oxygens (including phenoxy) is 1. The molecule has 0 bridgehead atoms. The van der Waals surface area contributed by atoms with Crippen molar-refractivity contribution in [1.29, 1.82) is 0 Å². The summed E-state index contributed by atoms with van der Waals surface area (Å²) in [6, 6.07) is 18.8. The number of hydrogen-bond donors (Lipinski definition) is 0. The van der Waals surface area contributed by atoms with Crippen molar-refractivity contribution >= 4 is 11.6 Å². The van der Waals surface area contributed by atoms with Crippen LogP contribution in [0.5, 0.6) is 5.75 Å². The largest absolute Gasteiger partial charge is 0.489 e. The highest BCUT2D eigenvalue weighted by Gasteiger charge is 2.07. The van der Waals surface area contributed by atoms with Gasteiger partial charge in [0.1, 0.15) is 12.4 Å². The summed E-state index contributed by atoms with van der Waals surface area (Å²) in [7, 11) is 0. The Morgan fingerprint density at radius 2 is 1.70 bits per heavy atom. The van der Waals surface area contributed by atoms with Crippen molar-refractivity contribution in [2.24, 2.45) is 0 Å². The van der Waals surface area contributed by atoms with Gasteiger partial charge in [0, 0.05) is 5.88 Å². The molecule has 0 saturated carbocycles. The molecule has 2 aromatic carbocycles. The van der Waals surface area contributed by atoms with Gasteiger partial charge < -0.3 is 4.74 Å². The molecule has 124 valence electrons. The molecule has 0 spiro atoms. The molecule has 0 N–H and O–H groups in total. The molecule has 2 heteroatoms. The van der Waals surface area contributed by atoms with Crippen molar-refractivity contribution in [3.63, 3.8) is 0 Å². The second kappa shape index (κ2) is 10.3. The molecule has 1 nitrogen and oxygen atoms in total. The van der Waals surface area contributed by atoms with Crippen LogP contribution in [0, 0.1) is 0 Å². The van der Waals surface area contributed by atoms with Crippen LogP contribution in [-0.2, 0) is 6.61 Å². The van der Waals surface area contributed by atoms with Crippen molar-refractivity contribution in [2.75, 3.05) is 5.88 Å². The molecule has 0 aliphatic heterocycles. The van der Waals surface area contributed by atoms with Crippen LogP contribution in [0.2, 0.25) is 0 Å². The topological polar surface area (TPSA) is 9.23 Å². The summed E-state index contributed by atoms with van der Waals surface area (Å²) < 4.78 is 5.93. The average molecular weight is 331 g/mol. The molecule has 0 aliphatic carbocycles. The van der Waals surface area contributed by atoms with Gasteiger partial charge in [0.05, 0.1) is 0 Å². The molecule has 0 aliphatic rings. The molecule has 0 saturated heterocycles. The molecular formula is C21H27ClO. The predicted octanol–water partition coefficient (Wildman–Crippen LogP) is 6.56. The van der Waals surface area contributed by atoms with Crippen LogP contribution in [0.15, 0.2) is 54.6 Å². The number of alkyl halides is 1. The SMILES string of the molecule is CC(CCCCCCCl)c1cccc(OCc2ccccc2)c1. The molecule has 0 aromatic heterocycles. The summed E-state index contributed by atoms with van der Waals surface area (Å²) in [5.74, 6) is 2.32. The van der Waals surface area contributed by atoms with Crippen LogP contribution in [0.4, 0.5) is 0 Å². The first-order valence-corrected chi connectivity index (χ1v) is 9.15. The summed E-state index contributed by atoms with van der Waals surface area (Å²) in [5.41, 5.74) is 2.57. The number of hydrogen-bond acceptors (Lipinski definition) is 1. The third kappa shape index (κ3) is 6.66. The fraction of sp³-hybridized carbons (Fsp3) is 0.429. The quantitative estimate of drug-likeness (QED) is 0.354. The van der Waals surface area contributed by atoms with E-state index in [-0.39, 0.29) is 0 Å². The molecule has 0 radical (unpaired) electrons. The van der Waals surface area contributed by atoms with E-state index in [2.05, 4.69) is 37.3 Å². The smallest absolute Gasteiger partial charge is 0.120 e. The van der Waals surface area contributed by atoms with E-state index in [1.807, 2.05) is 24.3 Å². The Morgan fingerprint density at radius 1 is 0.913 bits per heavy atom. The Morgan fingerprint density at radius 3 is 2.48 bits per heavy atom. The molecular weight excluding hydrogens is 304 g/mol. The Balaban J connectivity index is 1.81. The van der Waals surface area contributed by atoms with Crippen molar-refractivity contribution < 1.29 is 4.74 Å². The number of rotatable bonds is 10. The molecule has 2 aromatic rings. The van der Waals surface area contributed by atoms with E-state index in [9.17, 15) is 0 Å². The minimum Gasteiger partial charge on any atom is -0.489 e. The summed E-state index contributed by atoms with van der Waals surface area (Å²) in [6.07, 6.45) is 6.16. The van der Waals surface area contributed by atoms with Gasteiger partial charge in [-0.15, -0.1) is 11.6 Å². The monoisotopic (exact) mass is 330 g/mol. The van der Waals surface area contributed by atoms with Gasteiger partial charge in [0.15, 0.2) is 0 Å². The number of benzene rings is 2. The highest BCUT2D eigenvalue weighted by atomic mass is 35.5. The normalized spacial score (nSPS) is 12.1. The number of unbranched alkanes of at least 4 members (excludes halogenated alkanes) is 3. The van der Waals surface area contributed by atoms with Gasteiger partial charge in [-0.1, -0.05) is 68.7 Å². The third-order valence-corrected chi connectivity index (χ3v) is 4.46. The molecule has 23 heavy (non-hydrogen) atoms. The van der Waals surface area contributed by atoms with Crippen molar-refractivity contribution in [1.82, 2.24) is 0 Å². The van der Waals surface area contributed by atoms with Crippen molar-refractivity contribution in [2.45, 2.75) is 51.6 Å². The Hall–Kier alpha value is -1.47. The van der Waals surface area contributed by atoms with E-state index in [0.717, 1.165) is 18.1 Å². The van der Waals surface area contributed by atoms with Crippen molar-refractivity contribution in [3.05, 3.63) is 65.7 Å². The van der Waals surface area contributed by atoms with Gasteiger partial charge in [-0.05, 0) is 42.0 Å². The van der Waals surface area contributed by atoms with E-state index in [0.29, 0.717) is 12.5 Å². The summed E-state index contributed by atoms with van der Waals surface area (Å²) in [6.45, 7) is 2.93. The summed E-state index contributed by atoms with van der Waals surface area (Å²) in [4.78, 5) is 0. The van der Waals surface area contributed by atoms with Crippen LogP contribution in [-0.4, -0.2) is 5.88 Å². The maximum absolute atomic E-state index is 5.93. The van der Waals surface area contributed by atoms with E-state index < -0.39 is 0 Å². The lowest BCUT2D eigenvalue weighted by atomic mass is 9.95. The van der Waals surface area contributed by atoms with E-state index in [1.165, 1.54) is 36.8 Å². The highest BCUT2D eigenvalue weighted by molar-refractivity contribution is 6.17. The molecule has 0 amide bonds. The molecule has 2 rings (SSSR count). The predicted molar refractivity (Wildman–Crippen MR) is 99.4 cm³/mol. The lowest BCUT2D eigenvalue weighted by Gasteiger charge is -2.14. The zero-order chi connectivity index (χ0) is 16.3. The van der Waals surface area contributed by atoms with Gasteiger partial charge in [-0.2, -0.15) is 0 Å².